The summed E-state index contributed by atoms with van der Waals surface area (Å²) in [5, 5.41) is 4.54. The van der Waals surface area contributed by atoms with Crippen LogP contribution in [0, 0.1) is 6.92 Å². The van der Waals surface area contributed by atoms with Crippen molar-refractivity contribution >= 4 is 22.7 Å². The Labute approximate surface area is 158 Å². The SMILES string of the molecule is Cc1ccc2oc(=O)cc(NC3CCN(C/C=C/c4ccco4)CC3)c2c1. The van der Waals surface area contributed by atoms with Crippen LogP contribution < -0.4 is 10.9 Å². The number of hydrogen-bond acceptors (Lipinski definition) is 5. The summed E-state index contributed by atoms with van der Waals surface area (Å²) in [7, 11) is 0. The average Bonchev–Trinajstić information content (AvgIpc) is 3.17. The topological polar surface area (TPSA) is 58.6 Å². The van der Waals surface area contributed by atoms with Crippen molar-refractivity contribution in [2.45, 2.75) is 25.8 Å². The van der Waals surface area contributed by atoms with Crippen LogP contribution in [-0.4, -0.2) is 30.6 Å². The number of benzene rings is 1. The van der Waals surface area contributed by atoms with Crippen LogP contribution in [0.5, 0.6) is 0 Å². The maximum Gasteiger partial charge on any atom is 0.338 e. The summed E-state index contributed by atoms with van der Waals surface area (Å²) < 4.78 is 10.6. The Morgan fingerprint density at radius 1 is 1.22 bits per heavy atom. The van der Waals surface area contributed by atoms with E-state index in [4.69, 9.17) is 8.83 Å². The molecule has 1 N–H and O–H groups in total. The van der Waals surface area contributed by atoms with Crippen LogP contribution in [0.1, 0.15) is 24.2 Å². The van der Waals surface area contributed by atoms with Crippen molar-refractivity contribution in [1.82, 2.24) is 4.90 Å². The van der Waals surface area contributed by atoms with Crippen molar-refractivity contribution in [2.24, 2.45) is 0 Å². The first kappa shape index (κ1) is 17.6. The van der Waals surface area contributed by atoms with Crippen LogP contribution in [0.25, 0.3) is 17.0 Å². The van der Waals surface area contributed by atoms with E-state index in [2.05, 4.69) is 22.4 Å². The van der Waals surface area contributed by atoms with Crippen LogP contribution in [0.4, 0.5) is 5.69 Å². The first-order chi connectivity index (χ1) is 13.2. The van der Waals surface area contributed by atoms with Gasteiger partial charge in [0.15, 0.2) is 0 Å². The van der Waals surface area contributed by atoms with Crippen LogP contribution >= 0.6 is 0 Å². The Kier molecular flexibility index (Phi) is 5.12. The molecule has 0 bridgehead atoms. The lowest BCUT2D eigenvalue weighted by Gasteiger charge is -2.32. The average molecular weight is 364 g/mol. The molecule has 0 aliphatic carbocycles. The quantitative estimate of drug-likeness (QED) is 0.685. The molecule has 0 amide bonds. The number of furan rings is 1. The first-order valence-corrected chi connectivity index (χ1v) is 9.41. The van der Waals surface area contributed by atoms with E-state index < -0.39 is 0 Å². The normalized spacial score (nSPS) is 16.3. The predicted octanol–water partition coefficient (Wildman–Crippen LogP) is 4.28. The molecule has 3 aromatic rings. The third kappa shape index (κ3) is 4.31. The molecule has 1 aromatic carbocycles. The molecule has 2 aromatic heterocycles. The van der Waals surface area contributed by atoms with Crippen LogP contribution in [0.15, 0.2) is 62.4 Å². The second-order valence-corrected chi connectivity index (χ2v) is 7.12. The Morgan fingerprint density at radius 3 is 2.85 bits per heavy atom. The summed E-state index contributed by atoms with van der Waals surface area (Å²) in [6.07, 6.45) is 7.93. The minimum absolute atomic E-state index is 0.311. The summed E-state index contributed by atoms with van der Waals surface area (Å²) in [6, 6.07) is 11.7. The van der Waals surface area contributed by atoms with Gasteiger partial charge >= 0.3 is 5.63 Å². The number of piperidine rings is 1. The molecule has 5 heteroatoms. The molecule has 1 fully saturated rings. The summed E-state index contributed by atoms with van der Waals surface area (Å²) in [4.78, 5) is 14.3. The van der Waals surface area contributed by atoms with Gasteiger partial charge in [-0.3, -0.25) is 4.90 Å². The zero-order valence-electron chi connectivity index (χ0n) is 15.5. The lowest BCUT2D eigenvalue weighted by molar-refractivity contribution is 0.240. The number of rotatable bonds is 5. The second kappa shape index (κ2) is 7.84. The lowest BCUT2D eigenvalue weighted by Crippen LogP contribution is -2.39. The number of fused-ring (bicyclic) bond motifs is 1. The third-order valence-corrected chi connectivity index (χ3v) is 5.03. The fraction of sp³-hybridized carbons (Fsp3) is 0.318. The number of aryl methyl sites for hydroxylation is 1. The maximum absolute atomic E-state index is 11.9. The van der Waals surface area contributed by atoms with Crippen molar-refractivity contribution < 1.29 is 8.83 Å². The zero-order chi connectivity index (χ0) is 18.6. The first-order valence-electron chi connectivity index (χ1n) is 9.41. The van der Waals surface area contributed by atoms with Gasteiger partial charge in [0.2, 0.25) is 0 Å². The van der Waals surface area contributed by atoms with E-state index in [9.17, 15) is 4.79 Å². The van der Waals surface area contributed by atoms with Gasteiger partial charge in [-0.1, -0.05) is 17.7 Å². The molecule has 0 spiro atoms. The van der Waals surface area contributed by atoms with Crippen LogP contribution in [-0.2, 0) is 0 Å². The molecule has 0 radical (unpaired) electrons. The van der Waals surface area contributed by atoms with Gasteiger partial charge in [-0.25, -0.2) is 4.79 Å². The van der Waals surface area contributed by atoms with E-state index in [0.717, 1.165) is 54.9 Å². The largest absolute Gasteiger partial charge is 0.465 e. The van der Waals surface area contributed by atoms with Gasteiger partial charge in [-0.2, -0.15) is 0 Å². The van der Waals surface area contributed by atoms with Gasteiger partial charge in [0.05, 0.1) is 12.0 Å². The number of hydrogen-bond donors (Lipinski definition) is 1. The van der Waals surface area contributed by atoms with Crippen molar-refractivity contribution in [3.05, 3.63) is 70.5 Å². The highest BCUT2D eigenvalue weighted by atomic mass is 16.4. The molecule has 1 aliphatic rings. The lowest BCUT2D eigenvalue weighted by atomic mass is 10.0. The minimum Gasteiger partial charge on any atom is -0.465 e. The molecule has 27 heavy (non-hydrogen) atoms. The van der Waals surface area contributed by atoms with E-state index in [1.807, 2.05) is 37.3 Å². The van der Waals surface area contributed by atoms with E-state index in [0.29, 0.717) is 11.6 Å². The van der Waals surface area contributed by atoms with E-state index in [-0.39, 0.29) is 5.63 Å². The smallest absolute Gasteiger partial charge is 0.338 e. The number of likely N-dealkylation sites (tertiary alicyclic amines) is 1. The minimum atomic E-state index is -0.311. The second-order valence-electron chi connectivity index (χ2n) is 7.12. The molecule has 0 saturated carbocycles. The maximum atomic E-state index is 11.9. The summed E-state index contributed by atoms with van der Waals surface area (Å²) >= 11 is 0. The van der Waals surface area contributed by atoms with Gasteiger partial charge < -0.3 is 14.2 Å². The summed E-state index contributed by atoms with van der Waals surface area (Å²) in [5.74, 6) is 0.886. The molecular weight excluding hydrogens is 340 g/mol. The van der Waals surface area contributed by atoms with Crippen molar-refractivity contribution in [3.8, 4) is 0 Å². The standard InChI is InChI=1S/C22H24N2O3/c1-16-6-7-21-19(14-16)20(15-22(25)27-21)23-17-8-11-24(12-9-17)10-2-4-18-5-3-13-26-18/h2-7,13-15,17,23H,8-12H2,1H3/b4-2+. The highest BCUT2D eigenvalue weighted by Gasteiger charge is 2.19. The highest BCUT2D eigenvalue weighted by Crippen LogP contribution is 2.25. The van der Waals surface area contributed by atoms with Gasteiger partial charge in [-0.15, -0.1) is 0 Å². The molecular formula is C22H24N2O3. The Morgan fingerprint density at radius 2 is 2.07 bits per heavy atom. The fourth-order valence-corrected chi connectivity index (χ4v) is 3.58. The summed E-state index contributed by atoms with van der Waals surface area (Å²) in [5.41, 5.74) is 2.35. The molecule has 4 rings (SSSR count). The highest BCUT2D eigenvalue weighted by molar-refractivity contribution is 5.90. The number of anilines is 1. The Hall–Kier alpha value is -2.79. The van der Waals surface area contributed by atoms with Crippen molar-refractivity contribution in [3.63, 3.8) is 0 Å². The number of nitrogens with one attached hydrogen (secondary N) is 1. The van der Waals surface area contributed by atoms with Crippen molar-refractivity contribution in [2.75, 3.05) is 25.0 Å². The monoisotopic (exact) mass is 364 g/mol. The van der Waals surface area contributed by atoms with E-state index >= 15 is 0 Å². The van der Waals surface area contributed by atoms with E-state index in [1.54, 1.807) is 12.3 Å². The Bertz CT molecular complexity index is 980. The molecule has 1 saturated heterocycles. The molecule has 0 atom stereocenters. The number of nitrogens with zero attached hydrogens (tertiary/aromatic N) is 1. The predicted molar refractivity (Wildman–Crippen MR) is 108 cm³/mol. The molecule has 5 nitrogen and oxygen atoms in total. The molecule has 3 heterocycles. The Balaban J connectivity index is 1.37. The van der Waals surface area contributed by atoms with Gasteiger partial charge in [0.25, 0.3) is 0 Å². The van der Waals surface area contributed by atoms with Crippen LogP contribution in [0.3, 0.4) is 0 Å². The van der Waals surface area contributed by atoms with Crippen LogP contribution in [0.2, 0.25) is 0 Å². The zero-order valence-corrected chi connectivity index (χ0v) is 15.5. The van der Waals surface area contributed by atoms with Gasteiger partial charge in [0.1, 0.15) is 11.3 Å². The fourth-order valence-electron chi connectivity index (χ4n) is 3.58. The third-order valence-electron chi connectivity index (χ3n) is 5.03. The van der Waals surface area contributed by atoms with Gasteiger partial charge in [0, 0.05) is 37.1 Å². The van der Waals surface area contributed by atoms with Gasteiger partial charge in [-0.05, 0) is 50.1 Å². The summed E-state index contributed by atoms with van der Waals surface area (Å²) in [6.45, 7) is 5.02. The van der Waals surface area contributed by atoms with Crippen molar-refractivity contribution in [1.29, 1.82) is 0 Å². The molecule has 1 aliphatic heterocycles. The molecule has 0 unspecified atom stereocenters. The molecule has 140 valence electrons. The van der Waals surface area contributed by atoms with E-state index in [1.165, 1.54) is 0 Å².